The molecule has 140 valence electrons. The number of aryl methyl sites for hydroxylation is 1. The van der Waals surface area contributed by atoms with Gasteiger partial charge in [0.2, 0.25) is 0 Å². The zero-order valence-electron chi connectivity index (χ0n) is 15.3. The van der Waals surface area contributed by atoms with Crippen molar-refractivity contribution in [3.05, 3.63) is 35.4 Å². The van der Waals surface area contributed by atoms with Crippen LogP contribution in [0.15, 0.2) is 23.6 Å². The minimum atomic E-state index is -4.33. The van der Waals surface area contributed by atoms with Crippen LogP contribution in [0.3, 0.4) is 0 Å². The molecule has 0 radical (unpaired) electrons. The van der Waals surface area contributed by atoms with Gasteiger partial charge in [0.1, 0.15) is 0 Å². The summed E-state index contributed by atoms with van der Waals surface area (Å²) in [6.45, 7) is 6.05. The fraction of sp³-hybridized carbons (Fsp3) is 0.579. The number of halogens is 3. The van der Waals surface area contributed by atoms with Crippen molar-refractivity contribution in [2.24, 2.45) is 0 Å². The fourth-order valence-electron chi connectivity index (χ4n) is 3.64. The van der Waals surface area contributed by atoms with Gasteiger partial charge in [-0.1, -0.05) is 13.5 Å². The number of hydrogen-bond acceptors (Lipinski definition) is 3. The summed E-state index contributed by atoms with van der Waals surface area (Å²) in [5, 5.41) is 3.50. The lowest BCUT2D eigenvalue weighted by molar-refractivity contribution is -0.137. The molecule has 1 N–H and O–H groups in total. The van der Waals surface area contributed by atoms with Crippen LogP contribution in [-0.2, 0) is 12.6 Å². The highest BCUT2D eigenvalue weighted by Gasteiger charge is 2.33. The number of hydrogen-bond donors (Lipinski definition) is 1. The van der Waals surface area contributed by atoms with Crippen molar-refractivity contribution < 1.29 is 13.2 Å². The number of alkyl halides is 3. The third-order valence-electron chi connectivity index (χ3n) is 4.92. The number of benzene rings is 1. The first-order valence-electron chi connectivity index (χ1n) is 8.59. The van der Waals surface area contributed by atoms with Crippen LogP contribution < -0.4 is 5.32 Å². The van der Waals surface area contributed by atoms with Crippen LogP contribution in [0.2, 0.25) is 0 Å². The number of thioether (sulfide) groups is 1. The quantitative estimate of drug-likeness (QED) is 0.705. The Kier molecular flexibility index (Phi) is 6.49. The Balaban J connectivity index is 2.35. The molecule has 1 saturated carbocycles. The lowest BCUT2D eigenvalue weighted by Gasteiger charge is -2.29. The second-order valence-corrected chi connectivity index (χ2v) is 7.60. The van der Waals surface area contributed by atoms with E-state index in [0.29, 0.717) is 22.9 Å². The summed E-state index contributed by atoms with van der Waals surface area (Å²) in [6, 6.07) is 3.21. The Hall–Kier alpha value is -1.14. The molecular formula is C19H27F3N2S. The molecule has 1 fully saturated rings. The zero-order valence-corrected chi connectivity index (χ0v) is 16.2. The van der Waals surface area contributed by atoms with Crippen LogP contribution in [0.5, 0.6) is 0 Å². The molecule has 2 rings (SSSR count). The van der Waals surface area contributed by atoms with Crippen LogP contribution in [0.25, 0.3) is 5.70 Å². The van der Waals surface area contributed by atoms with Gasteiger partial charge in [-0.05, 0) is 63.7 Å². The van der Waals surface area contributed by atoms with Crippen molar-refractivity contribution in [3.63, 3.8) is 0 Å². The van der Waals surface area contributed by atoms with E-state index in [4.69, 9.17) is 0 Å². The number of nitrogens with zero attached hydrogens (tertiary/aromatic N) is 1. The van der Waals surface area contributed by atoms with Crippen LogP contribution in [0, 0.1) is 0 Å². The van der Waals surface area contributed by atoms with E-state index in [1.54, 1.807) is 0 Å². The molecule has 0 unspecified atom stereocenters. The normalized spacial score (nSPS) is 21.0. The van der Waals surface area contributed by atoms with Gasteiger partial charge in [0, 0.05) is 28.2 Å². The molecule has 0 aromatic heterocycles. The Morgan fingerprint density at radius 1 is 1.32 bits per heavy atom. The summed E-state index contributed by atoms with van der Waals surface area (Å²) in [4.78, 5) is 2.84. The molecule has 2 atom stereocenters. The van der Waals surface area contributed by atoms with Crippen LogP contribution in [0.4, 0.5) is 13.2 Å². The molecule has 1 aromatic rings. The van der Waals surface area contributed by atoms with Gasteiger partial charge in [0.15, 0.2) is 0 Å². The van der Waals surface area contributed by atoms with E-state index in [1.165, 1.54) is 23.9 Å². The fourth-order valence-corrected chi connectivity index (χ4v) is 4.35. The van der Waals surface area contributed by atoms with Crippen LogP contribution in [0.1, 0.15) is 42.9 Å². The molecule has 1 aliphatic carbocycles. The third-order valence-corrected chi connectivity index (χ3v) is 5.68. The minimum Gasteiger partial charge on any atom is -0.381 e. The molecule has 2 nitrogen and oxygen atoms in total. The number of rotatable bonds is 6. The van der Waals surface area contributed by atoms with Gasteiger partial charge in [-0.15, -0.1) is 11.8 Å². The lowest BCUT2D eigenvalue weighted by Crippen LogP contribution is -2.42. The molecule has 0 bridgehead atoms. The van der Waals surface area contributed by atoms with E-state index in [2.05, 4.69) is 30.9 Å². The summed E-state index contributed by atoms with van der Waals surface area (Å²) in [6.07, 6.45) is 1.35. The molecule has 25 heavy (non-hydrogen) atoms. The Morgan fingerprint density at radius 3 is 2.52 bits per heavy atom. The standard InChI is InChI=1S/C19H27F3N2S/c1-6-13-10-14(19(20,21)22)11-17(25-5)18(13)12(2)23-15-8-7-9-16(15)24(3)4/h10-11,15-16,23H,2,6-9H2,1,3-5H3/t15-,16+/m1/s1. The van der Waals surface area contributed by atoms with Crippen molar-refractivity contribution in [1.29, 1.82) is 0 Å². The molecule has 0 saturated heterocycles. The predicted octanol–water partition coefficient (Wildman–Crippen LogP) is 5.03. The molecule has 0 heterocycles. The van der Waals surface area contributed by atoms with E-state index in [9.17, 15) is 13.2 Å². The van der Waals surface area contributed by atoms with Crippen molar-refractivity contribution in [2.45, 2.75) is 55.8 Å². The zero-order chi connectivity index (χ0) is 18.8. The highest BCUT2D eigenvalue weighted by atomic mass is 32.2. The maximum atomic E-state index is 13.2. The maximum absolute atomic E-state index is 13.2. The smallest absolute Gasteiger partial charge is 0.381 e. The number of nitrogens with one attached hydrogen (secondary N) is 1. The highest BCUT2D eigenvalue weighted by molar-refractivity contribution is 7.98. The van der Waals surface area contributed by atoms with Gasteiger partial charge in [0.05, 0.1) is 5.56 Å². The Labute approximate surface area is 152 Å². The summed E-state index contributed by atoms with van der Waals surface area (Å²) in [7, 11) is 4.13. The Bertz CT molecular complexity index is 601. The monoisotopic (exact) mass is 372 g/mol. The van der Waals surface area contributed by atoms with Crippen molar-refractivity contribution in [2.75, 3.05) is 20.4 Å². The minimum absolute atomic E-state index is 0.282. The summed E-state index contributed by atoms with van der Waals surface area (Å²) < 4.78 is 39.5. The van der Waals surface area contributed by atoms with Crippen molar-refractivity contribution >= 4 is 17.5 Å². The number of likely N-dealkylation sites (N-methyl/N-ethyl adjacent to an activating group) is 1. The SMILES string of the molecule is C=C(N[C@@H]1CCC[C@@H]1N(C)C)c1c(CC)cc(C(F)(F)F)cc1SC. The molecule has 1 aromatic carbocycles. The van der Waals surface area contributed by atoms with E-state index < -0.39 is 11.7 Å². The Morgan fingerprint density at radius 2 is 2.00 bits per heavy atom. The molecule has 0 aliphatic heterocycles. The summed E-state index contributed by atoms with van der Waals surface area (Å²) >= 11 is 1.34. The molecular weight excluding hydrogens is 345 g/mol. The average Bonchev–Trinajstić information content (AvgIpc) is 3.00. The summed E-state index contributed by atoms with van der Waals surface area (Å²) in [5.74, 6) is 0. The third kappa shape index (κ3) is 4.53. The van der Waals surface area contributed by atoms with Gasteiger partial charge in [-0.3, -0.25) is 0 Å². The van der Waals surface area contributed by atoms with Gasteiger partial charge in [-0.2, -0.15) is 13.2 Å². The summed E-state index contributed by atoms with van der Waals surface area (Å²) in [5.41, 5.74) is 1.66. The van der Waals surface area contributed by atoms with E-state index in [-0.39, 0.29) is 6.04 Å². The highest BCUT2D eigenvalue weighted by Crippen LogP contribution is 2.37. The second-order valence-electron chi connectivity index (χ2n) is 6.76. The first kappa shape index (κ1) is 20.2. The van der Waals surface area contributed by atoms with E-state index >= 15 is 0 Å². The largest absolute Gasteiger partial charge is 0.416 e. The van der Waals surface area contributed by atoms with Gasteiger partial charge in [-0.25, -0.2) is 0 Å². The topological polar surface area (TPSA) is 15.3 Å². The molecule has 6 heteroatoms. The van der Waals surface area contributed by atoms with Crippen molar-refractivity contribution in [3.8, 4) is 0 Å². The average molecular weight is 372 g/mol. The maximum Gasteiger partial charge on any atom is 0.416 e. The second kappa shape index (κ2) is 8.04. The molecule has 1 aliphatic rings. The van der Waals surface area contributed by atoms with Crippen molar-refractivity contribution in [1.82, 2.24) is 10.2 Å². The first-order valence-corrected chi connectivity index (χ1v) is 9.81. The van der Waals surface area contributed by atoms with E-state index in [0.717, 1.165) is 30.5 Å². The van der Waals surface area contributed by atoms with Gasteiger partial charge < -0.3 is 10.2 Å². The van der Waals surface area contributed by atoms with Gasteiger partial charge in [0.25, 0.3) is 0 Å². The lowest BCUT2D eigenvalue weighted by atomic mass is 9.98. The first-order chi connectivity index (χ1) is 11.7. The molecule has 0 spiro atoms. The predicted molar refractivity (Wildman–Crippen MR) is 99.9 cm³/mol. The van der Waals surface area contributed by atoms with E-state index in [1.807, 2.05) is 13.2 Å². The van der Waals surface area contributed by atoms with Gasteiger partial charge >= 0.3 is 6.18 Å². The molecule has 0 amide bonds. The van der Waals surface area contributed by atoms with Crippen LogP contribution in [-0.4, -0.2) is 37.3 Å². The van der Waals surface area contributed by atoms with Crippen LogP contribution >= 0.6 is 11.8 Å².